The maximum absolute atomic E-state index is 15.7. The highest BCUT2D eigenvalue weighted by Gasteiger charge is 2.31. The lowest BCUT2D eigenvalue weighted by molar-refractivity contribution is 0.414. The van der Waals surface area contributed by atoms with Crippen molar-refractivity contribution in [3.05, 3.63) is 113 Å². The maximum atomic E-state index is 15.7. The molecule has 0 spiro atoms. The Labute approximate surface area is 233 Å². The highest BCUT2D eigenvalue weighted by Crippen LogP contribution is 2.30. The average Bonchev–Trinajstić information content (AvgIpc) is 3.48. The molecule has 0 saturated carbocycles. The number of rotatable bonds is 9. The van der Waals surface area contributed by atoms with Gasteiger partial charge >= 0.3 is 0 Å². The highest BCUT2D eigenvalue weighted by atomic mass is 32.2. The zero-order valence-corrected chi connectivity index (χ0v) is 23.9. The van der Waals surface area contributed by atoms with E-state index < -0.39 is 20.7 Å². The fraction of sp³-hybridized carbons (Fsp3) is 0.200. The smallest absolute Gasteiger partial charge is 0.268 e. The Morgan fingerprint density at radius 2 is 1.82 bits per heavy atom. The number of aromatic nitrogens is 2. The van der Waals surface area contributed by atoms with Gasteiger partial charge in [0.2, 0.25) is 0 Å². The van der Waals surface area contributed by atoms with Crippen LogP contribution in [0.25, 0.3) is 16.6 Å². The first-order valence-electron chi connectivity index (χ1n) is 12.6. The maximum Gasteiger partial charge on any atom is 0.268 e. The Hall–Kier alpha value is -4.44. The molecular formula is C30H32FN3O5S. The lowest BCUT2D eigenvalue weighted by Crippen LogP contribution is -2.31. The number of hydrogen-bond acceptors (Lipinski definition) is 6. The molecule has 0 atom stereocenters. The van der Waals surface area contributed by atoms with E-state index in [-0.39, 0.29) is 23.4 Å². The molecule has 0 fully saturated rings. The third-order valence-electron chi connectivity index (χ3n) is 5.82. The summed E-state index contributed by atoms with van der Waals surface area (Å²) in [5.41, 5.74) is 1.78. The monoisotopic (exact) mass is 565 g/mol. The number of allylic oxidation sites excluding steroid dienone is 5. The van der Waals surface area contributed by atoms with Gasteiger partial charge in [-0.05, 0) is 49.8 Å². The van der Waals surface area contributed by atoms with Crippen molar-refractivity contribution in [2.24, 2.45) is 0 Å². The first-order valence-corrected chi connectivity index (χ1v) is 14.0. The molecule has 0 bridgehead atoms. The van der Waals surface area contributed by atoms with Crippen LogP contribution in [0.15, 0.2) is 105 Å². The van der Waals surface area contributed by atoms with Crippen LogP contribution >= 0.6 is 0 Å². The van der Waals surface area contributed by atoms with E-state index in [0.717, 1.165) is 15.9 Å². The summed E-state index contributed by atoms with van der Waals surface area (Å²) in [6, 6.07) is 13.2. The van der Waals surface area contributed by atoms with Gasteiger partial charge in [-0.25, -0.2) is 17.1 Å². The standard InChI is InChI=1S/C28H26FN3O5S.C2H6/c1-5-6-7-24(19(2)3)32-25-17-23(29)26(16-21(25)10-13-28(32)33)38(34,35)31(27-14-15-37-30-27)18-20-8-11-22(36-4)12-9-20;1-2/h5-17H,1,18H2,2-4H3;1-2H3/b7-6-;. The Bertz CT molecular complexity index is 1700. The molecule has 0 aliphatic carbocycles. The summed E-state index contributed by atoms with van der Waals surface area (Å²) >= 11 is 0. The molecule has 0 N–H and O–H groups in total. The van der Waals surface area contributed by atoms with Crippen molar-refractivity contribution in [2.45, 2.75) is 39.1 Å². The third-order valence-corrected chi connectivity index (χ3v) is 7.59. The predicted octanol–water partition coefficient (Wildman–Crippen LogP) is 6.55. The van der Waals surface area contributed by atoms with E-state index in [4.69, 9.17) is 9.26 Å². The van der Waals surface area contributed by atoms with Gasteiger partial charge in [0.25, 0.3) is 15.6 Å². The van der Waals surface area contributed by atoms with Crippen molar-refractivity contribution >= 4 is 32.4 Å². The number of methoxy groups -OCH3 is 1. The van der Waals surface area contributed by atoms with Gasteiger partial charge in [0.05, 0.1) is 19.2 Å². The zero-order chi connectivity index (χ0) is 29.4. The van der Waals surface area contributed by atoms with Crippen LogP contribution in [0.2, 0.25) is 0 Å². The molecule has 40 heavy (non-hydrogen) atoms. The zero-order valence-electron chi connectivity index (χ0n) is 23.1. The van der Waals surface area contributed by atoms with Crippen LogP contribution in [0, 0.1) is 5.82 Å². The van der Waals surface area contributed by atoms with E-state index in [1.54, 1.807) is 42.5 Å². The van der Waals surface area contributed by atoms with Crippen molar-refractivity contribution in [3.63, 3.8) is 0 Å². The van der Waals surface area contributed by atoms with E-state index in [0.29, 0.717) is 22.4 Å². The first kappa shape index (κ1) is 30.1. The number of fused-ring (bicyclic) bond motifs is 1. The molecule has 2 aromatic carbocycles. The van der Waals surface area contributed by atoms with Crippen LogP contribution in [-0.2, 0) is 16.6 Å². The summed E-state index contributed by atoms with van der Waals surface area (Å²) in [5.74, 6) is -0.414. The predicted molar refractivity (Wildman–Crippen MR) is 156 cm³/mol. The minimum Gasteiger partial charge on any atom is -0.497 e. The second-order valence-electron chi connectivity index (χ2n) is 8.55. The quantitative estimate of drug-likeness (QED) is 0.214. The van der Waals surface area contributed by atoms with E-state index in [1.807, 2.05) is 27.7 Å². The SMILES string of the molecule is C=C/C=C\C(=C(C)C)n1c(=O)ccc2cc(S(=O)(=O)N(Cc3ccc(OC)cc3)c3ccon3)c(F)cc21.CC. The second-order valence-corrected chi connectivity index (χ2v) is 10.4. The molecule has 0 amide bonds. The number of nitrogens with zero attached hydrogens (tertiary/aromatic N) is 3. The summed E-state index contributed by atoms with van der Waals surface area (Å²) in [6.45, 7) is 11.2. The number of ether oxygens (including phenoxy) is 1. The summed E-state index contributed by atoms with van der Waals surface area (Å²) in [4.78, 5) is 12.3. The average molecular weight is 566 g/mol. The molecule has 4 aromatic rings. The van der Waals surface area contributed by atoms with Gasteiger partial charge in [-0.3, -0.25) is 9.36 Å². The van der Waals surface area contributed by atoms with Crippen LogP contribution in [0.3, 0.4) is 0 Å². The first-order chi connectivity index (χ1) is 19.2. The number of halogens is 1. The van der Waals surface area contributed by atoms with E-state index in [1.165, 1.54) is 42.2 Å². The lowest BCUT2D eigenvalue weighted by Gasteiger charge is -2.23. The van der Waals surface area contributed by atoms with Gasteiger partial charge in [0.15, 0.2) is 5.82 Å². The Morgan fingerprint density at radius 1 is 1.12 bits per heavy atom. The molecular weight excluding hydrogens is 533 g/mol. The van der Waals surface area contributed by atoms with Crippen molar-refractivity contribution in [1.29, 1.82) is 0 Å². The third kappa shape index (κ3) is 6.23. The van der Waals surface area contributed by atoms with Gasteiger partial charge in [-0.1, -0.05) is 55.4 Å². The number of hydrogen-bond donors (Lipinski definition) is 0. The lowest BCUT2D eigenvalue weighted by atomic mass is 10.1. The van der Waals surface area contributed by atoms with Crippen LogP contribution in [0.5, 0.6) is 5.75 Å². The van der Waals surface area contributed by atoms with Gasteiger partial charge < -0.3 is 9.26 Å². The molecule has 2 heterocycles. The molecule has 0 unspecified atom stereocenters. The molecule has 4 rings (SSSR count). The Balaban J connectivity index is 0.00000216. The van der Waals surface area contributed by atoms with Crippen molar-refractivity contribution in [2.75, 3.05) is 11.4 Å². The number of pyridine rings is 1. The van der Waals surface area contributed by atoms with Crippen LogP contribution in [0.4, 0.5) is 10.2 Å². The summed E-state index contributed by atoms with van der Waals surface area (Å²) in [7, 11) is -2.93. The molecule has 10 heteroatoms. The molecule has 0 saturated heterocycles. The fourth-order valence-corrected chi connectivity index (χ4v) is 5.43. The van der Waals surface area contributed by atoms with Crippen molar-refractivity contribution in [3.8, 4) is 5.75 Å². The van der Waals surface area contributed by atoms with Gasteiger partial charge in [0.1, 0.15) is 22.7 Å². The summed E-state index contributed by atoms with van der Waals surface area (Å²) < 4.78 is 55.7. The van der Waals surface area contributed by atoms with E-state index >= 15 is 4.39 Å². The van der Waals surface area contributed by atoms with E-state index in [2.05, 4.69) is 11.7 Å². The number of sulfonamides is 1. The Kier molecular flexibility index (Phi) is 9.84. The molecule has 0 radical (unpaired) electrons. The molecule has 2 aromatic heterocycles. The molecule has 0 aliphatic heterocycles. The summed E-state index contributed by atoms with van der Waals surface area (Å²) in [6.07, 6.45) is 6.15. The molecule has 8 nitrogen and oxygen atoms in total. The van der Waals surface area contributed by atoms with Crippen molar-refractivity contribution in [1.82, 2.24) is 9.72 Å². The normalized spacial score (nSPS) is 11.2. The van der Waals surface area contributed by atoms with Crippen LogP contribution in [-0.4, -0.2) is 25.3 Å². The fourth-order valence-electron chi connectivity index (χ4n) is 3.95. The topological polar surface area (TPSA) is 94.6 Å². The molecule has 0 aliphatic rings. The highest BCUT2D eigenvalue weighted by molar-refractivity contribution is 7.92. The van der Waals surface area contributed by atoms with Crippen molar-refractivity contribution < 1.29 is 22.1 Å². The number of anilines is 1. The summed E-state index contributed by atoms with van der Waals surface area (Å²) in [5, 5.41) is 4.15. The minimum absolute atomic E-state index is 0.00771. The van der Waals surface area contributed by atoms with Gasteiger partial charge in [0, 0.05) is 29.3 Å². The number of benzene rings is 2. The van der Waals surface area contributed by atoms with E-state index in [9.17, 15) is 13.2 Å². The van der Waals surface area contributed by atoms with Crippen LogP contribution < -0.4 is 14.6 Å². The van der Waals surface area contributed by atoms with Gasteiger partial charge in [-0.2, -0.15) is 0 Å². The largest absolute Gasteiger partial charge is 0.497 e. The molecule has 210 valence electrons. The van der Waals surface area contributed by atoms with Gasteiger partial charge in [-0.15, -0.1) is 0 Å². The second kappa shape index (κ2) is 13.1. The van der Waals surface area contributed by atoms with Crippen LogP contribution in [0.1, 0.15) is 33.3 Å². The minimum atomic E-state index is -4.46. The Morgan fingerprint density at radius 3 is 2.40 bits per heavy atom.